The fourth-order valence-electron chi connectivity index (χ4n) is 5.32. The Balaban J connectivity index is 1.35. The third kappa shape index (κ3) is 3.12. The van der Waals surface area contributed by atoms with E-state index >= 15 is 0 Å². The van der Waals surface area contributed by atoms with Crippen molar-refractivity contribution >= 4 is 21.8 Å². The number of aryl methyl sites for hydroxylation is 1. The molecule has 1 aromatic heterocycles. The zero-order valence-electron chi connectivity index (χ0n) is 13.2. The fourth-order valence-corrected chi connectivity index (χ4v) is 5.70. The number of carbonyl (C=O) groups excluding carboxylic acids is 1. The lowest BCUT2D eigenvalue weighted by Crippen LogP contribution is -2.55. The molecule has 5 rings (SSSR count). The summed E-state index contributed by atoms with van der Waals surface area (Å²) in [5.74, 6) is 3.33. The lowest BCUT2D eigenvalue weighted by molar-refractivity contribution is -0.125. The van der Waals surface area contributed by atoms with Gasteiger partial charge in [0.15, 0.2) is 0 Å². The summed E-state index contributed by atoms with van der Waals surface area (Å²) in [4.78, 5) is 24.2. The van der Waals surface area contributed by atoms with Crippen molar-refractivity contribution < 1.29 is 4.79 Å². The van der Waals surface area contributed by atoms with E-state index in [9.17, 15) is 9.59 Å². The first-order valence-electron chi connectivity index (χ1n) is 8.74. The molecule has 4 nitrogen and oxygen atoms in total. The van der Waals surface area contributed by atoms with Crippen molar-refractivity contribution in [1.82, 2.24) is 9.88 Å². The molecule has 4 aliphatic carbocycles. The van der Waals surface area contributed by atoms with Crippen molar-refractivity contribution in [3.8, 4) is 0 Å². The fraction of sp³-hybridized carbons (Fsp3) is 0.667. The highest BCUT2D eigenvalue weighted by Crippen LogP contribution is 2.53. The Labute approximate surface area is 144 Å². The van der Waals surface area contributed by atoms with Crippen molar-refractivity contribution in [2.45, 2.75) is 51.1 Å². The van der Waals surface area contributed by atoms with Gasteiger partial charge < -0.3 is 9.88 Å². The van der Waals surface area contributed by atoms with E-state index in [-0.39, 0.29) is 11.5 Å². The first kappa shape index (κ1) is 15.4. The van der Waals surface area contributed by atoms with E-state index < -0.39 is 0 Å². The Morgan fingerprint density at radius 1 is 1.13 bits per heavy atom. The molecule has 4 fully saturated rings. The van der Waals surface area contributed by atoms with Crippen LogP contribution in [-0.2, 0) is 11.3 Å². The van der Waals surface area contributed by atoms with Gasteiger partial charge in [-0.05, 0) is 77.8 Å². The first-order valence-corrected chi connectivity index (χ1v) is 9.53. The third-order valence-corrected chi connectivity index (χ3v) is 6.55. The normalized spacial score (nSPS) is 34.6. The smallest absolute Gasteiger partial charge is 0.250 e. The van der Waals surface area contributed by atoms with Crippen LogP contribution in [0.15, 0.2) is 27.6 Å². The summed E-state index contributed by atoms with van der Waals surface area (Å²) >= 11 is 3.37. The van der Waals surface area contributed by atoms with Gasteiger partial charge in [0.1, 0.15) is 0 Å². The van der Waals surface area contributed by atoms with E-state index in [1.54, 1.807) is 16.8 Å². The van der Waals surface area contributed by atoms with Crippen molar-refractivity contribution in [2.24, 2.45) is 23.7 Å². The molecule has 1 aromatic rings. The molecule has 4 aliphatic rings. The average molecular weight is 379 g/mol. The Hall–Kier alpha value is -1.10. The summed E-state index contributed by atoms with van der Waals surface area (Å²) in [5.41, 5.74) is -0.0596. The molecule has 0 atom stereocenters. The Bertz CT molecular complexity index is 641. The van der Waals surface area contributed by atoms with Crippen LogP contribution in [0.25, 0.3) is 0 Å². The van der Waals surface area contributed by atoms with E-state index in [1.807, 2.05) is 0 Å². The monoisotopic (exact) mass is 378 g/mol. The van der Waals surface area contributed by atoms with Gasteiger partial charge in [-0.15, -0.1) is 0 Å². The Morgan fingerprint density at radius 3 is 2.43 bits per heavy atom. The zero-order valence-corrected chi connectivity index (χ0v) is 14.8. The molecule has 1 N–H and O–H groups in total. The molecule has 0 aliphatic heterocycles. The van der Waals surface area contributed by atoms with Crippen LogP contribution in [0.4, 0.5) is 0 Å². The molecule has 23 heavy (non-hydrogen) atoms. The van der Waals surface area contributed by atoms with Crippen LogP contribution in [0.2, 0.25) is 0 Å². The van der Waals surface area contributed by atoms with E-state index in [1.165, 1.54) is 38.2 Å². The van der Waals surface area contributed by atoms with Crippen molar-refractivity contribution in [3.05, 3.63) is 33.2 Å². The van der Waals surface area contributed by atoms with Gasteiger partial charge in [-0.3, -0.25) is 9.59 Å². The van der Waals surface area contributed by atoms with E-state index in [2.05, 4.69) is 21.2 Å². The number of carbonyl (C=O) groups is 1. The van der Waals surface area contributed by atoms with Gasteiger partial charge in [0, 0.05) is 35.7 Å². The minimum absolute atomic E-state index is 0.0596. The molecule has 4 saturated carbocycles. The molecule has 0 spiro atoms. The summed E-state index contributed by atoms with van der Waals surface area (Å²) in [6.45, 7) is 0.442. The van der Waals surface area contributed by atoms with Gasteiger partial charge in [0.2, 0.25) is 5.91 Å². The van der Waals surface area contributed by atoms with E-state index in [0.29, 0.717) is 30.8 Å². The lowest BCUT2D eigenvalue weighted by Gasteiger charge is -2.54. The van der Waals surface area contributed by atoms with Gasteiger partial charge in [-0.1, -0.05) is 0 Å². The van der Waals surface area contributed by atoms with Crippen LogP contribution in [0, 0.1) is 23.7 Å². The highest BCUT2D eigenvalue weighted by atomic mass is 79.9. The predicted molar refractivity (Wildman–Crippen MR) is 92.0 cm³/mol. The number of halogens is 1. The van der Waals surface area contributed by atoms with Crippen LogP contribution in [0.1, 0.15) is 38.5 Å². The predicted octanol–water partition coefficient (Wildman–Crippen LogP) is 2.94. The van der Waals surface area contributed by atoms with Gasteiger partial charge in [0.05, 0.1) is 0 Å². The minimum atomic E-state index is -0.0596. The van der Waals surface area contributed by atoms with Gasteiger partial charge in [-0.2, -0.15) is 0 Å². The summed E-state index contributed by atoms with van der Waals surface area (Å²) < 4.78 is 2.46. The van der Waals surface area contributed by atoms with E-state index in [0.717, 1.165) is 16.3 Å². The standard InChI is InChI=1S/C18H23BrN2O2/c19-15-1-2-17(23)21(10-15)4-3-16(22)20-18-13-6-11-5-12(8-13)9-14(18)7-11/h1-2,10-14,18H,3-9H2,(H,20,22). The minimum Gasteiger partial charge on any atom is -0.353 e. The molecule has 0 saturated heterocycles. The maximum Gasteiger partial charge on any atom is 0.250 e. The number of nitrogens with one attached hydrogen (secondary N) is 1. The third-order valence-electron chi connectivity index (χ3n) is 6.08. The topological polar surface area (TPSA) is 51.1 Å². The number of hydrogen-bond donors (Lipinski definition) is 1. The maximum absolute atomic E-state index is 12.4. The Kier molecular flexibility index (Phi) is 4.08. The molecule has 0 unspecified atom stereocenters. The number of hydrogen-bond acceptors (Lipinski definition) is 2. The van der Waals surface area contributed by atoms with Crippen LogP contribution in [0.5, 0.6) is 0 Å². The number of rotatable bonds is 4. The van der Waals surface area contributed by atoms with Crippen LogP contribution < -0.4 is 10.9 Å². The molecule has 1 amide bonds. The van der Waals surface area contributed by atoms with Gasteiger partial charge >= 0.3 is 0 Å². The number of aromatic nitrogens is 1. The highest BCUT2D eigenvalue weighted by molar-refractivity contribution is 9.10. The maximum atomic E-state index is 12.4. The molecule has 0 radical (unpaired) electrons. The highest BCUT2D eigenvalue weighted by Gasteiger charge is 2.48. The number of nitrogens with zero attached hydrogens (tertiary/aromatic N) is 1. The Morgan fingerprint density at radius 2 is 1.78 bits per heavy atom. The summed E-state index contributed by atoms with van der Waals surface area (Å²) in [7, 11) is 0. The van der Waals surface area contributed by atoms with E-state index in [4.69, 9.17) is 0 Å². The molecule has 1 heterocycles. The first-order chi connectivity index (χ1) is 11.1. The van der Waals surface area contributed by atoms with Crippen LogP contribution in [-0.4, -0.2) is 16.5 Å². The average Bonchev–Trinajstić information content (AvgIpc) is 2.51. The summed E-state index contributed by atoms with van der Waals surface area (Å²) in [5, 5.41) is 3.30. The second kappa shape index (κ2) is 6.08. The van der Waals surface area contributed by atoms with Crippen molar-refractivity contribution in [3.63, 3.8) is 0 Å². The number of amides is 1. The SMILES string of the molecule is O=C(CCn1cc(Br)ccc1=O)NC1C2CC3CC(C2)CC1C3. The number of pyridine rings is 1. The second-order valence-electron chi connectivity index (χ2n) is 7.65. The molecule has 0 aromatic carbocycles. The lowest BCUT2D eigenvalue weighted by atomic mass is 9.54. The largest absolute Gasteiger partial charge is 0.353 e. The second-order valence-corrected chi connectivity index (χ2v) is 8.57. The summed E-state index contributed by atoms with van der Waals surface area (Å²) in [6.07, 6.45) is 8.79. The van der Waals surface area contributed by atoms with Crippen molar-refractivity contribution in [2.75, 3.05) is 0 Å². The van der Waals surface area contributed by atoms with Crippen molar-refractivity contribution in [1.29, 1.82) is 0 Å². The molecule has 4 bridgehead atoms. The molecular formula is C18H23BrN2O2. The van der Waals surface area contributed by atoms with Crippen LogP contribution in [0.3, 0.4) is 0 Å². The zero-order chi connectivity index (χ0) is 16.0. The van der Waals surface area contributed by atoms with Gasteiger partial charge in [-0.25, -0.2) is 0 Å². The molecule has 5 heteroatoms. The quantitative estimate of drug-likeness (QED) is 0.875. The molecule has 124 valence electrons. The van der Waals surface area contributed by atoms with Crippen LogP contribution >= 0.6 is 15.9 Å². The summed E-state index contributed by atoms with van der Waals surface area (Å²) in [6, 6.07) is 3.64. The molecular weight excluding hydrogens is 356 g/mol. The van der Waals surface area contributed by atoms with Gasteiger partial charge in [0.25, 0.3) is 5.56 Å².